The lowest BCUT2D eigenvalue weighted by molar-refractivity contribution is 0.0937. The molecule has 1 aromatic heterocycles. The van der Waals surface area contributed by atoms with E-state index in [2.05, 4.69) is 61.5 Å². The van der Waals surface area contributed by atoms with E-state index in [0.29, 0.717) is 11.5 Å². The van der Waals surface area contributed by atoms with Gasteiger partial charge in [-0.25, -0.2) is 9.97 Å². The molecule has 0 spiro atoms. The van der Waals surface area contributed by atoms with E-state index in [0.717, 1.165) is 38.5 Å². The first-order valence-corrected chi connectivity index (χ1v) is 9.86. The summed E-state index contributed by atoms with van der Waals surface area (Å²) in [5, 5.41) is 2.90. The predicted octanol–water partition coefficient (Wildman–Crippen LogP) is 2.76. The SMILES string of the molecule is Cc1nc(C(=O)NC(C)C)cc(N2CCN(C/C=C/c3ccccc3)CC2)n1. The standard InChI is InChI=1S/C22H29N5O/c1-17(2)23-22(28)20-16-21(25-18(3)24-20)27-14-12-26(13-15-27)11-7-10-19-8-5-4-6-9-19/h4-10,16-17H,11-15H2,1-3H3,(H,23,28)/b10-7+. The van der Waals surface area contributed by atoms with Crippen molar-refractivity contribution in [3.8, 4) is 0 Å². The summed E-state index contributed by atoms with van der Waals surface area (Å²) in [5.41, 5.74) is 1.66. The number of carbonyl (C=O) groups excluding carboxylic acids is 1. The molecule has 6 heteroatoms. The minimum atomic E-state index is -0.147. The van der Waals surface area contributed by atoms with Crippen LogP contribution in [0, 0.1) is 6.92 Å². The Labute approximate surface area is 167 Å². The maximum absolute atomic E-state index is 12.3. The summed E-state index contributed by atoms with van der Waals surface area (Å²) in [6, 6.07) is 12.2. The third-order valence-corrected chi connectivity index (χ3v) is 4.65. The van der Waals surface area contributed by atoms with Crippen molar-refractivity contribution in [1.29, 1.82) is 0 Å². The molecular weight excluding hydrogens is 350 g/mol. The first kappa shape index (κ1) is 20.0. The molecular formula is C22H29N5O. The zero-order valence-corrected chi connectivity index (χ0v) is 16.9. The van der Waals surface area contributed by atoms with Crippen LogP contribution in [0.25, 0.3) is 6.08 Å². The largest absolute Gasteiger partial charge is 0.354 e. The lowest BCUT2D eigenvalue weighted by Crippen LogP contribution is -2.46. The number of aromatic nitrogens is 2. The van der Waals surface area contributed by atoms with E-state index in [1.54, 1.807) is 6.07 Å². The minimum Gasteiger partial charge on any atom is -0.354 e. The molecule has 1 aliphatic rings. The number of amides is 1. The minimum absolute atomic E-state index is 0.0821. The van der Waals surface area contributed by atoms with E-state index in [9.17, 15) is 4.79 Å². The Kier molecular flexibility index (Phi) is 6.76. The van der Waals surface area contributed by atoms with Crippen LogP contribution in [0.5, 0.6) is 0 Å². The Balaban J connectivity index is 1.56. The van der Waals surface area contributed by atoms with Crippen LogP contribution in [0.3, 0.4) is 0 Å². The molecule has 148 valence electrons. The summed E-state index contributed by atoms with van der Waals surface area (Å²) in [6.45, 7) is 10.4. The van der Waals surface area contributed by atoms with E-state index >= 15 is 0 Å². The second-order valence-electron chi connectivity index (χ2n) is 7.39. The molecule has 6 nitrogen and oxygen atoms in total. The van der Waals surface area contributed by atoms with Gasteiger partial charge in [-0.05, 0) is 26.3 Å². The molecule has 0 saturated carbocycles. The van der Waals surface area contributed by atoms with Gasteiger partial charge in [0, 0.05) is 44.8 Å². The molecule has 28 heavy (non-hydrogen) atoms. The summed E-state index contributed by atoms with van der Waals surface area (Å²) < 4.78 is 0. The molecule has 1 aromatic carbocycles. The average molecular weight is 380 g/mol. The molecule has 0 radical (unpaired) electrons. The van der Waals surface area contributed by atoms with Crippen LogP contribution < -0.4 is 10.2 Å². The molecule has 1 amide bonds. The second-order valence-corrected chi connectivity index (χ2v) is 7.39. The quantitative estimate of drug-likeness (QED) is 0.836. The number of hydrogen-bond acceptors (Lipinski definition) is 5. The van der Waals surface area contributed by atoms with Gasteiger partial charge in [0.2, 0.25) is 0 Å². The highest BCUT2D eigenvalue weighted by Crippen LogP contribution is 2.16. The molecule has 1 saturated heterocycles. The van der Waals surface area contributed by atoms with Gasteiger partial charge in [-0.2, -0.15) is 0 Å². The van der Waals surface area contributed by atoms with Crippen LogP contribution in [0.1, 0.15) is 35.7 Å². The van der Waals surface area contributed by atoms with E-state index in [-0.39, 0.29) is 11.9 Å². The molecule has 1 N–H and O–H groups in total. The van der Waals surface area contributed by atoms with Crippen molar-refractivity contribution in [2.45, 2.75) is 26.8 Å². The zero-order valence-electron chi connectivity index (χ0n) is 16.9. The highest BCUT2D eigenvalue weighted by atomic mass is 16.1. The fourth-order valence-electron chi connectivity index (χ4n) is 3.23. The number of nitrogens with zero attached hydrogens (tertiary/aromatic N) is 4. The van der Waals surface area contributed by atoms with Crippen molar-refractivity contribution in [1.82, 2.24) is 20.2 Å². The normalized spacial score (nSPS) is 15.4. The van der Waals surface area contributed by atoms with Crippen molar-refractivity contribution >= 4 is 17.8 Å². The summed E-state index contributed by atoms with van der Waals surface area (Å²) in [6.07, 6.45) is 4.38. The third-order valence-electron chi connectivity index (χ3n) is 4.65. The van der Waals surface area contributed by atoms with Crippen molar-refractivity contribution in [2.75, 3.05) is 37.6 Å². The molecule has 2 aromatic rings. The molecule has 3 rings (SSSR count). The van der Waals surface area contributed by atoms with Gasteiger partial charge in [0.25, 0.3) is 5.91 Å². The maximum Gasteiger partial charge on any atom is 0.270 e. The number of piperazine rings is 1. The fraction of sp³-hybridized carbons (Fsp3) is 0.409. The van der Waals surface area contributed by atoms with Crippen LogP contribution in [-0.2, 0) is 0 Å². The lowest BCUT2D eigenvalue weighted by atomic mass is 10.2. The van der Waals surface area contributed by atoms with Gasteiger partial charge < -0.3 is 10.2 Å². The molecule has 0 aliphatic carbocycles. The van der Waals surface area contributed by atoms with Gasteiger partial charge in [-0.15, -0.1) is 0 Å². The Morgan fingerprint density at radius 2 is 1.86 bits per heavy atom. The van der Waals surface area contributed by atoms with Crippen molar-refractivity contribution in [3.63, 3.8) is 0 Å². The monoisotopic (exact) mass is 379 g/mol. The van der Waals surface area contributed by atoms with E-state index in [4.69, 9.17) is 0 Å². The van der Waals surface area contributed by atoms with Crippen molar-refractivity contribution < 1.29 is 4.79 Å². The predicted molar refractivity (Wildman–Crippen MR) is 114 cm³/mol. The Bertz CT molecular complexity index is 811. The van der Waals surface area contributed by atoms with Gasteiger partial charge in [-0.1, -0.05) is 42.5 Å². The summed E-state index contributed by atoms with van der Waals surface area (Å²) in [5.74, 6) is 1.31. The highest BCUT2D eigenvalue weighted by Gasteiger charge is 2.19. The van der Waals surface area contributed by atoms with E-state index < -0.39 is 0 Å². The number of rotatable bonds is 6. The highest BCUT2D eigenvalue weighted by molar-refractivity contribution is 5.93. The smallest absolute Gasteiger partial charge is 0.270 e. The summed E-state index contributed by atoms with van der Waals surface area (Å²) in [4.78, 5) is 25.8. The van der Waals surface area contributed by atoms with Gasteiger partial charge in [0.1, 0.15) is 17.3 Å². The molecule has 1 fully saturated rings. The number of nitrogens with one attached hydrogen (secondary N) is 1. The Morgan fingerprint density at radius 1 is 1.14 bits per heavy atom. The van der Waals surface area contributed by atoms with Crippen molar-refractivity contribution in [2.24, 2.45) is 0 Å². The lowest BCUT2D eigenvalue weighted by Gasteiger charge is -2.35. The molecule has 2 heterocycles. The van der Waals surface area contributed by atoms with E-state index in [1.165, 1.54) is 5.56 Å². The number of aryl methyl sites for hydroxylation is 1. The average Bonchev–Trinajstić information content (AvgIpc) is 2.68. The molecule has 0 unspecified atom stereocenters. The maximum atomic E-state index is 12.3. The molecule has 0 bridgehead atoms. The van der Waals surface area contributed by atoms with Gasteiger partial charge in [0.15, 0.2) is 0 Å². The van der Waals surface area contributed by atoms with Crippen molar-refractivity contribution in [3.05, 3.63) is 59.6 Å². The van der Waals surface area contributed by atoms with E-state index in [1.807, 2.05) is 26.8 Å². The number of hydrogen-bond donors (Lipinski definition) is 1. The van der Waals surface area contributed by atoms with Crippen LogP contribution in [0.4, 0.5) is 5.82 Å². The molecule has 1 aliphatic heterocycles. The van der Waals surface area contributed by atoms with Crippen LogP contribution in [-0.4, -0.2) is 59.5 Å². The Morgan fingerprint density at radius 3 is 2.54 bits per heavy atom. The van der Waals surface area contributed by atoms with Gasteiger partial charge in [-0.3, -0.25) is 9.69 Å². The van der Waals surface area contributed by atoms with Gasteiger partial charge in [0.05, 0.1) is 0 Å². The number of anilines is 1. The Hall–Kier alpha value is -2.73. The number of carbonyl (C=O) groups is 1. The van der Waals surface area contributed by atoms with Crippen LogP contribution >= 0.6 is 0 Å². The van der Waals surface area contributed by atoms with Crippen LogP contribution in [0.15, 0.2) is 42.5 Å². The van der Waals surface area contributed by atoms with Gasteiger partial charge >= 0.3 is 0 Å². The number of benzene rings is 1. The molecule has 0 atom stereocenters. The first-order valence-electron chi connectivity index (χ1n) is 9.86. The summed E-state index contributed by atoms with van der Waals surface area (Å²) >= 11 is 0. The second kappa shape index (κ2) is 9.46. The topological polar surface area (TPSA) is 61.4 Å². The summed E-state index contributed by atoms with van der Waals surface area (Å²) in [7, 11) is 0. The third kappa shape index (κ3) is 5.63. The zero-order chi connectivity index (χ0) is 19.9. The fourth-order valence-corrected chi connectivity index (χ4v) is 3.23. The van der Waals surface area contributed by atoms with Crippen LogP contribution in [0.2, 0.25) is 0 Å². The first-order chi connectivity index (χ1) is 13.5.